The maximum Gasteiger partial charge on any atom is 0.262 e. The van der Waals surface area contributed by atoms with Crippen LogP contribution in [0.3, 0.4) is 0 Å². The van der Waals surface area contributed by atoms with E-state index in [0.29, 0.717) is 23.7 Å². The lowest BCUT2D eigenvalue weighted by Crippen LogP contribution is -2.37. The third-order valence-corrected chi connectivity index (χ3v) is 5.34. The molecule has 0 spiro atoms. The standard InChI is InChI=1S/C20H20BNO5S/c1-4-27-17-10-12(8-9-16(17)26-2)15(11-28(3)25)22-19(23)13-6-5-7-14(21)18(13)20(22)24/h5-10,15H,4,11H2,1-3H3. The van der Waals surface area contributed by atoms with Gasteiger partial charge in [0.2, 0.25) is 0 Å². The van der Waals surface area contributed by atoms with Gasteiger partial charge in [0, 0.05) is 28.4 Å². The monoisotopic (exact) mass is 397 g/mol. The third kappa shape index (κ3) is 3.56. The number of nitrogens with zero attached hydrogens (tertiary/aromatic N) is 1. The van der Waals surface area contributed by atoms with Crippen molar-refractivity contribution < 1.29 is 23.3 Å². The summed E-state index contributed by atoms with van der Waals surface area (Å²) in [5, 5.41) is 0. The molecule has 0 aromatic heterocycles. The minimum atomic E-state index is -1.26. The summed E-state index contributed by atoms with van der Waals surface area (Å²) in [6, 6.07) is 9.24. The molecule has 6 nitrogen and oxygen atoms in total. The molecule has 0 N–H and O–H groups in total. The van der Waals surface area contributed by atoms with Gasteiger partial charge < -0.3 is 9.47 Å². The van der Waals surface area contributed by atoms with Gasteiger partial charge in [0.15, 0.2) is 11.5 Å². The predicted molar refractivity (Wildman–Crippen MR) is 108 cm³/mol. The van der Waals surface area contributed by atoms with Crippen molar-refractivity contribution in [3.8, 4) is 11.5 Å². The minimum absolute atomic E-state index is 0.100. The summed E-state index contributed by atoms with van der Waals surface area (Å²) in [6.45, 7) is 2.27. The van der Waals surface area contributed by atoms with Crippen LogP contribution in [0, 0.1) is 0 Å². The van der Waals surface area contributed by atoms with E-state index in [1.54, 1.807) is 36.4 Å². The summed E-state index contributed by atoms with van der Waals surface area (Å²) in [4.78, 5) is 27.2. The van der Waals surface area contributed by atoms with Crippen molar-refractivity contribution in [2.75, 3.05) is 25.7 Å². The Labute approximate surface area is 167 Å². The van der Waals surface area contributed by atoms with E-state index in [1.165, 1.54) is 13.4 Å². The van der Waals surface area contributed by atoms with Gasteiger partial charge in [0.25, 0.3) is 11.8 Å². The first-order valence-corrected chi connectivity index (χ1v) is 10.5. The van der Waals surface area contributed by atoms with Gasteiger partial charge in [-0.25, -0.2) is 0 Å². The number of ether oxygens (including phenoxy) is 2. The molecule has 0 saturated heterocycles. The predicted octanol–water partition coefficient (Wildman–Crippen LogP) is 1.60. The summed E-state index contributed by atoms with van der Waals surface area (Å²) < 4.78 is 23.0. The zero-order valence-corrected chi connectivity index (χ0v) is 16.7. The van der Waals surface area contributed by atoms with Gasteiger partial charge in [-0.15, -0.1) is 0 Å². The Morgan fingerprint density at radius 3 is 2.50 bits per heavy atom. The average Bonchev–Trinajstić information content (AvgIpc) is 2.91. The van der Waals surface area contributed by atoms with Crippen LogP contribution >= 0.6 is 0 Å². The lowest BCUT2D eigenvalue weighted by Gasteiger charge is -2.26. The highest BCUT2D eigenvalue weighted by atomic mass is 32.2. The molecule has 1 aliphatic rings. The molecule has 2 aromatic carbocycles. The first-order chi connectivity index (χ1) is 13.4. The minimum Gasteiger partial charge on any atom is -0.493 e. The van der Waals surface area contributed by atoms with Crippen molar-refractivity contribution in [1.82, 2.24) is 4.90 Å². The van der Waals surface area contributed by atoms with Crippen molar-refractivity contribution in [1.29, 1.82) is 0 Å². The molecule has 2 unspecified atom stereocenters. The van der Waals surface area contributed by atoms with Crippen LogP contribution in [0.2, 0.25) is 0 Å². The molecule has 144 valence electrons. The van der Waals surface area contributed by atoms with Crippen molar-refractivity contribution in [3.63, 3.8) is 0 Å². The molecule has 8 heteroatoms. The van der Waals surface area contributed by atoms with E-state index >= 15 is 0 Å². The Hall–Kier alpha value is -2.61. The Bertz CT molecular complexity index is 962. The topological polar surface area (TPSA) is 72.9 Å². The van der Waals surface area contributed by atoms with Gasteiger partial charge in [-0.3, -0.25) is 18.7 Å². The van der Waals surface area contributed by atoms with Crippen molar-refractivity contribution in [2.45, 2.75) is 13.0 Å². The molecule has 0 bridgehead atoms. The van der Waals surface area contributed by atoms with E-state index in [1.807, 2.05) is 6.92 Å². The van der Waals surface area contributed by atoms with Crippen LogP contribution in [-0.2, 0) is 10.8 Å². The highest BCUT2D eigenvalue weighted by Gasteiger charge is 2.41. The Morgan fingerprint density at radius 1 is 1.14 bits per heavy atom. The van der Waals surface area contributed by atoms with Gasteiger partial charge in [0.1, 0.15) is 7.85 Å². The second kappa shape index (κ2) is 8.18. The number of benzene rings is 2. The number of amides is 2. The summed E-state index contributed by atoms with van der Waals surface area (Å²) in [6.07, 6.45) is 1.53. The average molecular weight is 397 g/mol. The molecule has 28 heavy (non-hydrogen) atoms. The fraction of sp³-hybridized carbons (Fsp3) is 0.300. The van der Waals surface area contributed by atoms with Crippen LogP contribution in [0.15, 0.2) is 36.4 Å². The summed E-state index contributed by atoms with van der Waals surface area (Å²) >= 11 is 0. The molecule has 0 aliphatic carbocycles. The van der Waals surface area contributed by atoms with Crippen molar-refractivity contribution in [3.05, 3.63) is 53.1 Å². The van der Waals surface area contributed by atoms with E-state index in [9.17, 15) is 13.8 Å². The number of carbonyl (C=O) groups is 2. The molecule has 3 rings (SSSR count). The molecule has 2 radical (unpaired) electrons. The Kier molecular flexibility index (Phi) is 5.88. The number of fused-ring (bicyclic) bond motifs is 1. The van der Waals surface area contributed by atoms with E-state index < -0.39 is 28.7 Å². The molecular weight excluding hydrogens is 377 g/mol. The second-order valence-electron chi connectivity index (χ2n) is 6.35. The number of rotatable bonds is 7. The maximum atomic E-state index is 13.0. The number of carbonyl (C=O) groups excluding carboxylic acids is 2. The molecular formula is C20H20BNO5S. The zero-order valence-electron chi connectivity index (χ0n) is 15.9. The van der Waals surface area contributed by atoms with Gasteiger partial charge in [-0.2, -0.15) is 0 Å². The molecule has 1 heterocycles. The smallest absolute Gasteiger partial charge is 0.262 e. The lowest BCUT2D eigenvalue weighted by molar-refractivity contribution is 0.0598. The van der Waals surface area contributed by atoms with Crippen LogP contribution in [0.4, 0.5) is 0 Å². The molecule has 0 fully saturated rings. The van der Waals surface area contributed by atoms with Crippen LogP contribution in [-0.4, -0.2) is 54.5 Å². The van der Waals surface area contributed by atoms with Gasteiger partial charge in [-0.05, 0) is 30.7 Å². The highest BCUT2D eigenvalue weighted by Crippen LogP contribution is 2.36. The quantitative estimate of drug-likeness (QED) is 0.524. The summed E-state index contributed by atoms with van der Waals surface area (Å²) in [5.74, 6) is 0.196. The number of hydrogen-bond acceptors (Lipinski definition) is 5. The van der Waals surface area contributed by atoms with E-state index in [0.717, 1.165) is 4.90 Å². The first kappa shape index (κ1) is 20.1. The van der Waals surface area contributed by atoms with E-state index in [4.69, 9.17) is 17.3 Å². The number of methoxy groups -OCH3 is 1. The number of hydrogen-bond donors (Lipinski definition) is 0. The Balaban J connectivity index is 2.09. The molecule has 2 atom stereocenters. The Morgan fingerprint density at radius 2 is 1.89 bits per heavy atom. The maximum absolute atomic E-state index is 13.0. The fourth-order valence-corrected chi connectivity index (χ4v) is 4.11. The SMILES string of the molecule is [B]c1cccc2c1C(=O)N(C(CS(C)=O)c1ccc(OC)c(OCC)c1)C2=O. The molecule has 1 aliphatic heterocycles. The first-order valence-electron chi connectivity index (χ1n) is 8.76. The lowest BCUT2D eigenvalue weighted by atomic mass is 9.88. The van der Waals surface area contributed by atoms with Crippen molar-refractivity contribution in [2.24, 2.45) is 0 Å². The van der Waals surface area contributed by atoms with E-state index in [-0.39, 0.29) is 22.3 Å². The number of imide groups is 1. The van der Waals surface area contributed by atoms with Crippen LogP contribution in [0.5, 0.6) is 11.5 Å². The van der Waals surface area contributed by atoms with E-state index in [2.05, 4.69) is 0 Å². The van der Waals surface area contributed by atoms with Crippen LogP contribution < -0.4 is 14.9 Å². The van der Waals surface area contributed by atoms with Gasteiger partial charge in [-0.1, -0.05) is 23.7 Å². The summed E-state index contributed by atoms with van der Waals surface area (Å²) in [5.41, 5.74) is 1.33. The van der Waals surface area contributed by atoms with Crippen molar-refractivity contribution >= 4 is 35.9 Å². The molecule has 0 saturated carbocycles. The highest BCUT2D eigenvalue weighted by molar-refractivity contribution is 7.84. The van der Waals surface area contributed by atoms with Crippen LogP contribution in [0.25, 0.3) is 0 Å². The molecule has 2 aromatic rings. The second-order valence-corrected chi connectivity index (χ2v) is 7.83. The third-order valence-electron chi connectivity index (χ3n) is 4.56. The molecule has 2 amide bonds. The summed E-state index contributed by atoms with van der Waals surface area (Å²) in [7, 11) is 6.20. The van der Waals surface area contributed by atoms with Gasteiger partial charge in [0.05, 0.1) is 25.3 Å². The normalized spacial score (nSPS) is 15.3. The zero-order chi connectivity index (χ0) is 20.4. The van der Waals surface area contributed by atoms with Crippen LogP contribution in [0.1, 0.15) is 39.2 Å². The largest absolute Gasteiger partial charge is 0.493 e. The van der Waals surface area contributed by atoms with Gasteiger partial charge >= 0.3 is 0 Å². The fourth-order valence-electron chi connectivity index (χ4n) is 3.32.